The molecule has 110 valence electrons. The van der Waals surface area contributed by atoms with Gasteiger partial charge in [0, 0.05) is 12.1 Å². The van der Waals surface area contributed by atoms with Gasteiger partial charge < -0.3 is 15.3 Å². The van der Waals surface area contributed by atoms with Crippen molar-refractivity contribution in [1.29, 1.82) is 0 Å². The van der Waals surface area contributed by atoms with E-state index in [1.165, 1.54) is 0 Å². The highest BCUT2D eigenvalue weighted by Crippen LogP contribution is 2.07. The summed E-state index contributed by atoms with van der Waals surface area (Å²) < 4.78 is 0. The lowest BCUT2D eigenvalue weighted by atomic mass is 10.1. The number of carboxylic acid groups (broad SMARTS) is 1. The van der Waals surface area contributed by atoms with Gasteiger partial charge in [-0.25, -0.2) is 4.79 Å². The summed E-state index contributed by atoms with van der Waals surface area (Å²) in [5, 5.41) is 11.6. The summed E-state index contributed by atoms with van der Waals surface area (Å²) in [6, 6.07) is 6.38. The molecule has 1 aromatic carbocycles. The number of benzene rings is 1. The zero-order valence-electron chi connectivity index (χ0n) is 12.2. The molecule has 0 unspecified atom stereocenters. The number of hydrogen-bond donors (Lipinski definition) is 2. The van der Waals surface area contributed by atoms with Gasteiger partial charge in [0.1, 0.15) is 6.04 Å². The second-order valence-electron chi connectivity index (χ2n) is 5.09. The van der Waals surface area contributed by atoms with Crippen molar-refractivity contribution < 1.29 is 14.7 Å². The third-order valence-corrected chi connectivity index (χ3v) is 2.90. The van der Waals surface area contributed by atoms with Crippen LogP contribution in [0, 0.1) is 0 Å². The second kappa shape index (κ2) is 7.65. The molecule has 0 saturated heterocycles. The Balaban J connectivity index is 2.69. The van der Waals surface area contributed by atoms with Crippen LogP contribution >= 0.6 is 0 Å². The Morgan fingerprint density at radius 3 is 2.30 bits per heavy atom. The summed E-state index contributed by atoms with van der Waals surface area (Å²) in [6.07, 6.45) is 1.14. The standard InChI is InChI=1S/C15H22N2O3/c1-4-5-13(15(19)20)16-14(18)12-8-6-11(7-9-12)10-17(2)3/h6-9,13H,4-5,10H2,1-3H3,(H,16,18)(H,19,20)/t13-/m0/s1. The molecule has 5 heteroatoms. The van der Waals surface area contributed by atoms with E-state index in [-0.39, 0.29) is 5.91 Å². The van der Waals surface area contributed by atoms with Crippen LogP contribution in [0.25, 0.3) is 0 Å². The first-order valence-electron chi connectivity index (χ1n) is 6.71. The van der Waals surface area contributed by atoms with E-state index in [2.05, 4.69) is 5.32 Å². The largest absolute Gasteiger partial charge is 0.480 e. The van der Waals surface area contributed by atoms with Gasteiger partial charge in [0.05, 0.1) is 0 Å². The summed E-state index contributed by atoms with van der Waals surface area (Å²) in [5.74, 6) is -1.34. The molecule has 2 N–H and O–H groups in total. The first-order valence-corrected chi connectivity index (χ1v) is 6.71. The lowest BCUT2D eigenvalue weighted by molar-refractivity contribution is -0.139. The fourth-order valence-electron chi connectivity index (χ4n) is 1.91. The first-order chi connectivity index (χ1) is 9.43. The van der Waals surface area contributed by atoms with Gasteiger partial charge in [0.15, 0.2) is 0 Å². The molecule has 0 aromatic heterocycles. The molecule has 0 aliphatic rings. The van der Waals surface area contributed by atoms with Crippen LogP contribution in [0.1, 0.15) is 35.7 Å². The van der Waals surface area contributed by atoms with Crippen molar-refractivity contribution in [3.8, 4) is 0 Å². The molecule has 1 rings (SSSR count). The number of carbonyl (C=O) groups is 2. The Morgan fingerprint density at radius 2 is 1.85 bits per heavy atom. The molecule has 1 aromatic rings. The molecule has 0 spiro atoms. The monoisotopic (exact) mass is 278 g/mol. The van der Waals surface area contributed by atoms with Crippen LogP contribution in [0.4, 0.5) is 0 Å². The van der Waals surface area contributed by atoms with Crippen LogP contribution in [0.2, 0.25) is 0 Å². The Morgan fingerprint density at radius 1 is 1.25 bits per heavy atom. The van der Waals surface area contributed by atoms with E-state index < -0.39 is 12.0 Å². The fourth-order valence-corrected chi connectivity index (χ4v) is 1.91. The van der Waals surface area contributed by atoms with E-state index in [0.29, 0.717) is 18.4 Å². The molecular formula is C15H22N2O3. The SMILES string of the molecule is CCC[C@H](NC(=O)c1ccc(CN(C)C)cc1)C(=O)O. The summed E-state index contributed by atoms with van der Waals surface area (Å²) in [6.45, 7) is 2.69. The molecule has 1 amide bonds. The summed E-state index contributed by atoms with van der Waals surface area (Å²) in [5.41, 5.74) is 1.59. The Hall–Kier alpha value is -1.88. The van der Waals surface area contributed by atoms with Crippen LogP contribution in [0.3, 0.4) is 0 Å². The van der Waals surface area contributed by atoms with Crippen molar-refractivity contribution in [3.63, 3.8) is 0 Å². The molecule has 0 heterocycles. The van der Waals surface area contributed by atoms with Gasteiger partial charge >= 0.3 is 5.97 Å². The van der Waals surface area contributed by atoms with Crippen molar-refractivity contribution in [3.05, 3.63) is 35.4 Å². The van der Waals surface area contributed by atoms with Gasteiger partial charge in [-0.1, -0.05) is 25.5 Å². The number of carboxylic acids is 1. The number of carbonyl (C=O) groups excluding carboxylic acids is 1. The molecule has 0 aliphatic carbocycles. The number of hydrogen-bond acceptors (Lipinski definition) is 3. The predicted octanol–water partition coefficient (Wildman–Crippen LogP) is 1.73. The minimum Gasteiger partial charge on any atom is -0.480 e. The lowest BCUT2D eigenvalue weighted by Crippen LogP contribution is -2.40. The quantitative estimate of drug-likeness (QED) is 0.797. The summed E-state index contributed by atoms with van der Waals surface area (Å²) in [4.78, 5) is 25.0. The maximum absolute atomic E-state index is 12.0. The highest BCUT2D eigenvalue weighted by Gasteiger charge is 2.19. The average Bonchev–Trinajstić information content (AvgIpc) is 2.38. The number of rotatable bonds is 7. The molecule has 5 nitrogen and oxygen atoms in total. The maximum atomic E-state index is 12.0. The van der Waals surface area contributed by atoms with E-state index in [9.17, 15) is 9.59 Å². The van der Waals surface area contributed by atoms with Gasteiger partial charge in [-0.3, -0.25) is 4.79 Å². The number of nitrogens with zero attached hydrogens (tertiary/aromatic N) is 1. The molecule has 1 atom stereocenters. The Bertz CT molecular complexity index is 455. The fraction of sp³-hybridized carbons (Fsp3) is 0.467. The van der Waals surface area contributed by atoms with Crippen molar-refractivity contribution >= 4 is 11.9 Å². The highest BCUT2D eigenvalue weighted by molar-refractivity contribution is 5.96. The third-order valence-electron chi connectivity index (χ3n) is 2.90. The zero-order chi connectivity index (χ0) is 15.1. The number of nitrogens with one attached hydrogen (secondary N) is 1. The van der Waals surface area contributed by atoms with Crippen molar-refractivity contribution in [2.75, 3.05) is 14.1 Å². The van der Waals surface area contributed by atoms with E-state index in [1.807, 2.05) is 38.1 Å². The van der Waals surface area contributed by atoms with E-state index in [1.54, 1.807) is 12.1 Å². The summed E-state index contributed by atoms with van der Waals surface area (Å²) >= 11 is 0. The third kappa shape index (κ3) is 5.01. The molecule has 0 bridgehead atoms. The molecular weight excluding hydrogens is 256 g/mol. The second-order valence-corrected chi connectivity index (χ2v) is 5.09. The first kappa shape index (κ1) is 16.2. The van der Waals surface area contributed by atoms with Crippen LogP contribution < -0.4 is 5.32 Å². The van der Waals surface area contributed by atoms with Crippen LogP contribution in [-0.2, 0) is 11.3 Å². The minimum atomic E-state index is -0.996. The van der Waals surface area contributed by atoms with Gasteiger partial charge in [0.2, 0.25) is 0 Å². The van der Waals surface area contributed by atoms with Crippen LogP contribution in [0.15, 0.2) is 24.3 Å². The van der Waals surface area contributed by atoms with E-state index in [4.69, 9.17) is 5.11 Å². The van der Waals surface area contributed by atoms with Gasteiger partial charge in [-0.15, -0.1) is 0 Å². The molecule has 0 fully saturated rings. The maximum Gasteiger partial charge on any atom is 0.326 e. The highest BCUT2D eigenvalue weighted by atomic mass is 16.4. The molecule has 0 radical (unpaired) electrons. The van der Waals surface area contributed by atoms with Crippen molar-refractivity contribution in [1.82, 2.24) is 10.2 Å². The topological polar surface area (TPSA) is 69.6 Å². The minimum absolute atomic E-state index is 0.345. The number of aliphatic carboxylic acids is 1. The van der Waals surface area contributed by atoms with Crippen LogP contribution in [-0.4, -0.2) is 42.0 Å². The lowest BCUT2D eigenvalue weighted by Gasteiger charge is -2.14. The Kier molecular flexibility index (Phi) is 6.18. The molecule has 20 heavy (non-hydrogen) atoms. The van der Waals surface area contributed by atoms with Gasteiger partial charge in [-0.05, 0) is 38.2 Å². The smallest absolute Gasteiger partial charge is 0.326 e. The zero-order valence-corrected chi connectivity index (χ0v) is 12.2. The van der Waals surface area contributed by atoms with Crippen molar-refractivity contribution in [2.45, 2.75) is 32.4 Å². The van der Waals surface area contributed by atoms with Crippen molar-refractivity contribution in [2.24, 2.45) is 0 Å². The normalized spacial score (nSPS) is 12.2. The average molecular weight is 278 g/mol. The van der Waals surface area contributed by atoms with Crippen LogP contribution in [0.5, 0.6) is 0 Å². The molecule has 0 aliphatic heterocycles. The predicted molar refractivity (Wildman–Crippen MR) is 77.6 cm³/mol. The van der Waals surface area contributed by atoms with Gasteiger partial charge in [0.25, 0.3) is 5.91 Å². The van der Waals surface area contributed by atoms with E-state index in [0.717, 1.165) is 12.1 Å². The summed E-state index contributed by atoms with van der Waals surface area (Å²) in [7, 11) is 3.95. The van der Waals surface area contributed by atoms with Gasteiger partial charge in [-0.2, -0.15) is 0 Å². The Labute approximate surface area is 119 Å². The number of amides is 1. The molecule has 0 saturated carbocycles. The van der Waals surface area contributed by atoms with E-state index >= 15 is 0 Å².